The lowest BCUT2D eigenvalue weighted by Gasteiger charge is -2.09. The molecule has 0 atom stereocenters. The Morgan fingerprint density at radius 2 is 1.86 bits per heavy atom. The van der Waals surface area contributed by atoms with E-state index >= 15 is 0 Å². The first-order valence-corrected chi connectivity index (χ1v) is 7.62. The quantitative estimate of drug-likeness (QED) is 0.586. The summed E-state index contributed by atoms with van der Waals surface area (Å²) < 4.78 is 6.39. The second-order valence-electron chi connectivity index (χ2n) is 4.21. The zero-order chi connectivity index (χ0) is 15.2. The second kappa shape index (κ2) is 7.37. The van der Waals surface area contributed by atoms with Crippen molar-refractivity contribution in [3.05, 3.63) is 57.7 Å². The standard InChI is InChI=1S/C15H13IN2O2S/c16-12-3-1-2-4-13(12)18-14(19)9-20-11-7-5-10(6-8-11)15(17)21/h1-8H,9H2,(H2,17,21)(H,18,19). The van der Waals surface area contributed by atoms with Crippen molar-refractivity contribution in [1.82, 2.24) is 0 Å². The van der Waals surface area contributed by atoms with Gasteiger partial charge in [-0.15, -0.1) is 0 Å². The Labute approximate surface area is 141 Å². The van der Waals surface area contributed by atoms with E-state index in [0.717, 1.165) is 14.8 Å². The van der Waals surface area contributed by atoms with E-state index < -0.39 is 0 Å². The first kappa shape index (κ1) is 15.7. The van der Waals surface area contributed by atoms with Crippen molar-refractivity contribution in [1.29, 1.82) is 0 Å². The van der Waals surface area contributed by atoms with Crippen LogP contribution in [0.5, 0.6) is 5.75 Å². The monoisotopic (exact) mass is 412 g/mol. The maximum absolute atomic E-state index is 11.8. The number of halogens is 1. The van der Waals surface area contributed by atoms with Crippen molar-refractivity contribution in [2.75, 3.05) is 11.9 Å². The zero-order valence-electron chi connectivity index (χ0n) is 11.0. The molecule has 0 heterocycles. The van der Waals surface area contributed by atoms with Crippen LogP contribution < -0.4 is 15.8 Å². The molecule has 21 heavy (non-hydrogen) atoms. The average Bonchev–Trinajstić information content (AvgIpc) is 2.48. The number of ether oxygens (including phenoxy) is 1. The minimum Gasteiger partial charge on any atom is -0.484 e. The lowest BCUT2D eigenvalue weighted by Crippen LogP contribution is -2.20. The fourth-order valence-electron chi connectivity index (χ4n) is 1.61. The molecule has 0 unspecified atom stereocenters. The number of carbonyl (C=O) groups is 1. The molecule has 1 amide bonds. The number of benzene rings is 2. The molecular weight excluding hydrogens is 399 g/mol. The summed E-state index contributed by atoms with van der Waals surface area (Å²) >= 11 is 7.03. The van der Waals surface area contributed by atoms with Crippen LogP contribution in [0.25, 0.3) is 0 Å². The first-order chi connectivity index (χ1) is 10.1. The highest BCUT2D eigenvalue weighted by Crippen LogP contribution is 2.17. The molecule has 0 radical (unpaired) electrons. The van der Waals surface area contributed by atoms with Gasteiger partial charge in [-0.2, -0.15) is 0 Å². The van der Waals surface area contributed by atoms with Crippen molar-refractivity contribution in [2.24, 2.45) is 5.73 Å². The van der Waals surface area contributed by atoms with E-state index in [2.05, 4.69) is 27.9 Å². The third-order valence-electron chi connectivity index (χ3n) is 2.66. The average molecular weight is 412 g/mol. The fourth-order valence-corrected chi connectivity index (χ4v) is 2.27. The van der Waals surface area contributed by atoms with Gasteiger partial charge in [0.15, 0.2) is 6.61 Å². The van der Waals surface area contributed by atoms with Gasteiger partial charge in [-0.05, 0) is 59.0 Å². The molecule has 0 bridgehead atoms. The lowest BCUT2D eigenvalue weighted by molar-refractivity contribution is -0.118. The van der Waals surface area contributed by atoms with Gasteiger partial charge >= 0.3 is 0 Å². The van der Waals surface area contributed by atoms with Crippen molar-refractivity contribution in [3.63, 3.8) is 0 Å². The van der Waals surface area contributed by atoms with Crippen LogP contribution in [0.15, 0.2) is 48.5 Å². The Morgan fingerprint density at radius 3 is 2.48 bits per heavy atom. The van der Waals surface area contributed by atoms with Gasteiger partial charge in [-0.1, -0.05) is 24.4 Å². The predicted octanol–water partition coefficient (Wildman–Crippen LogP) is 2.94. The summed E-state index contributed by atoms with van der Waals surface area (Å²) in [5.74, 6) is 0.380. The second-order valence-corrected chi connectivity index (χ2v) is 5.81. The molecule has 0 saturated heterocycles. The molecule has 4 nitrogen and oxygen atoms in total. The van der Waals surface area contributed by atoms with E-state index in [1.807, 2.05) is 24.3 Å². The van der Waals surface area contributed by atoms with Gasteiger partial charge in [0.25, 0.3) is 5.91 Å². The number of carbonyl (C=O) groups excluding carboxylic acids is 1. The molecule has 0 aliphatic heterocycles. The highest BCUT2D eigenvalue weighted by atomic mass is 127. The highest BCUT2D eigenvalue weighted by Gasteiger charge is 2.06. The van der Waals surface area contributed by atoms with E-state index in [1.54, 1.807) is 24.3 Å². The van der Waals surface area contributed by atoms with E-state index in [-0.39, 0.29) is 12.5 Å². The normalized spacial score (nSPS) is 9.95. The molecule has 0 fully saturated rings. The number of para-hydroxylation sites is 1. The minimum absolute atomic E-state index is 0.0581. The Balaban J connectivity index is 1.89. The van der Waals surface area contributed by atoms with Crippen molar-refractivity contribution >= 4 is 51.4 Å². The Kier molecular flexibility index (Phi) is 5.51. The number of rotatable bonds is 5. The maximum atomic E-state index is 11.8. The molecule has 2 aromatic rings. The largest absolute Gasteiger partial charge is 0.484 e. The first-order valence-electron chi connectivity index (χ1n) is 6.13. The van der Waals surface area contributed by atoms with E-state index in [1.165, 1.54) is 0 Å². The summed E-state index contributed by atoms with van der Waals surface area (Å²) in [6, 6.07) is 14.5. The van der Waals surface area contributed by atoms with Crippen LogP contribution >= 0.6 is 34.8 Å². The van der Waals surface area contributed by atoms with Gasteiger partial charge in [-0.3, -0.25) is 4.79 Å². The van der Waals surface area contributed by atoms with E-state index in [0.29, 0.717) is 10.7 Å². The van der Waals surface area contributed by atoms with Crippen LogP contribution in [0.1, 0.15) is 5.56 Å². The maximum Gasteiger partial charge on any atom is 0.262 e. The fraction of sp³-hybridized carbons (Fsp3) is 0.0667. The number of hydrogen-bond acceptors (Lipinski definition) is 3. The summed E-state index contributed by atoms with van der Waals surface area (Å²) in [6.07, 6.45) is 0. The number of hydrogen-bond donors (Lipinski definition) is 2. The number of nitrogens with two attached hydrogens (primary N) is 1. The zero-order valence-corrected chi connectivity index (χ0v) is 14.0. The molecule has 108 valence electrons. The molecule has 6 heteroatoms. The van der Waals surface area contributed by atoms with Gasteiger partial charge in [-0.25, -0.2) is 0 Å². The van der Waals surface area contributed by atoms with Gasteiger partial charge < -0.3 is 15.8 Å². The molecule has 0 aliphatic rings. The third-order valence-corrected chi connectivity index (χ3v) is 3.83. The number of amides is 1. The SMILES string of the molecule is NC(=S)c1ccc(OCC(=O)Nc2ccccc2I)cc1. The van der Waals surface area contributed by atoms with Crippen LogP contribution in [-0.4, -0.2) is 17.5 Å². The predicted molar refractivity (Wildman–Crippen MR) is 95.6 cm³/mol. The summed E-state index contributed by atoms with van der Waals surface area (Å²) in [6.45, 7) is -0.0581. The summed E-state index contributed by atoms with van der Waals surface area (Å²) in [7, 11) is 0. The summed E-state index contributed by atoms with van der Waals surface area (Å²) in [5, 5.41) is 2.80. The molecule has 2 rings (SSSR count). The van der Waals surface area contributed by atoms with Crippen LogP contribution in [0.3, 0.4) is 0 Å². The topological polar surface area (TPSA) is 64.3 Å². The molecule has 0 spiro atoms. The van der Waals surface area contributed by atoms with Crippen molar-refractivity contribution < 1.29 is 9.53 Å². The molecular formula is C15H13IN2O2S. The molecule has 2 aromatic carbocycles. The Bertz CT molecular complexity index is 659. The van der Waals surface area contributed by atoms with E-state index in [4.69, 9.17) is 22.7 Å². The Morgan fingerprint density at radius 1 is 1.19 bits per heavy atom. The highest BCUT2D eigenvalue weighted by molar-refractivity contribution is 14.1. The Hall–Kier alpha value is -1.67. The summed E-state index contributed by atoms with van der Waals surface area (Å²) in [4.78, 5) is 12.2. The van der Waals surface area contributed by atoms with E-state index in [9.17, 15) is 4.79 Å². The molecule has 0 saturated carbocycles. The van der Waals surface area contributed by atoms with Crippen LogP contribution in [-0.2, 0) is 4.79 Å². The van der Waals surface area contributed by atoms with Crippen molar-refractivity contribution in [3.8, 4) is 5.75 Å². The van der Waals surface area contributed by atoms with Crippen LogP contribution in [0.2, 0.25) is 0 Å². The van der Waals surface area contributed by atoms with Gasteiger partial charge in [0, 0.05) is 9.13 Å². The van der Waals surface area contributed by atoms with Crippen LogP contribution in [0.4, 0.5) is 5.69 Å². The number of anilines is 1. The van der Waals surface area contributed by atoms with Gasteiger partial charge in [0.05, 0.1) is 5.69 Å². The molecule has 3 N–H and O–H groups in total. The minimum atomic E-state index is -0.211. The third kappa shape index (κ3) is 4.68. The molecule has 0 aromatic heterocycles. The van der Waals surface area contributed by atoms with Gasteiger partial charge in [0.2, 0.25) is 0 Å². The molecule has 0 aliphatic carbocycles. The number of thiocarbonyl (C=S) groups is 1. The van der Waals surface area contributed by atoms with Crippen molar-refractivity contribution in [2.45, 2.75) is 0 Å². The summed E-state index contributed by atoms with van der Waals surface area (Å²) in [5.41, 5.74) is 7.05. The lowest BCUT2D eigenvalue weighted by atomic mass is 10.2. The van der Waals surface area contributed by atoms with Gasteiger partial charge in [0.1, 0.15) is 10.7 Å². The smallest absolute Gasteiger partial charge is 0.262 e. The number of nitrogens with one attached hydrogen (secondary N) is 1. The van der Waals surface area contributed by atoms with Crippen LogP contribution in [0, 0.1) is 3.57 Å².